The minimum atomic E-state index is -0.601. The van der Waals surface area contributed by atoms with Gasteiger partial charge in [-0.3, -0.25) is 9.69 Å². The maximum atomic E-state index is 11.6. The van der Waals surface area contributed by atoms with E-state index < -0.39 is 5.97 Å². The van der Waals surface area contributed by atoms with Gasteiger partial charge < -0.3 is 5.11 Å². The molecule has 0 spiro atoms. The van der Waals surface area contributed by atoms with Crippen LogP contribution in [0.25, 0.3) is 0 Å². The highest BCUT2D eigenvalue weighted by atomic mass is 16.4. The Bertz CT molecular complexity index is 311. The molecule has 2 aliphatic heterocycles. The Balaban J connectivity index is 1.79. The zero-order chi connectivity index (χ0) is 12.9. The first kappa shape index (κ1) is 12.5. The van der Waals surface area contributed by atoms with Crippen molar-refractivity contribution >= 4 is 5.97 Å². The molecule has 2 saturated heterocycles. The lowest BCUT2D eigenvalue weighted by Gasteiger charge is -2.58. The van der Waals surface area contributed by atoms with Crippen molar-refractivity contribution in [3.8, 4) is 0 Å². The summed E-state index contributed by atoms with van der Waals surface area (Å²) in [5.41, 5.74) is 0. The van der Waals surface area contributed by atoms with Crippen LogP contribution in [0, 0.1) is 17.8 Å². The first-order valence-corrected chi connectivity index (χ1v) is 7.54. The van der Waals surface area contributed by atoms with Crippen LogP contribution in [0.4, 0.5) is 0 Å². The Morgan fingerprint density at radius 2 is 1.61 bits per heavy atom. The summed E-state index contributed by atoms with van der Waals surface area (Å²) in [4.78, 5) is 14.0. The fraction of sp³-hybridized carbons (Fsp3) is 0.933. The van der Waals surface area contributed by atoms with Crippen molar-refractivity contribution in [2.45, 2.75) is 70.5 Å². The number of rotatable bonds is 4. The van der Waals surface area contributed by atoms with E-state index in [1.165, 1.54) is 32.1 Å². The molecule has 2 saturated carbocycles. The SMILES string of the molecule is CC(C)CC(C(=O)O)N1C2CC3CC(C2)CC1C3. The number of carboxylic acids is 1. The van der Waals surface area contributed by atoms with E-state index in [2.05, 4.69) is 18.7 Å². The van der Waals surface area contributed by atoms with Crippen molar-refractivity contribution in [2.24, 2.45) is 17.8 Å². The van der Waals surface area contributed by atoms with Gasteiger partial charge in [-0.1, -0.05) is 13.8 Å². The van der Waals surface area contributed by atoms with E-state index in [1.807, 2.05) is 0 Å². The van der Waals surface area contributed by atoms with Crippen molar-refractivity contribution in [3.63, 3.8) is 0 Å². The summed E-state index contributed by atoms with van der Waals surface area (Å²) in [6.07, 6.45) is 7.26. The van der Waals surface area contributed by atoms with Gasteiger partial charge in [-0.15, -0.1) is 0 Å². The second-order valence-corrected chi connectivity index (χ2v) is 7.15. The van der Waals surface area contributed by atoms with Crippen LogP contribution in [0.15, 0.2) is 0 Å². The minimum absolute atomic E-state index is 0.236. The van der Waals surface area contributed by atoms with Gasteiger partial charge in [0.2, 0.25) is 0 Å². The van der Waals surface area contributed by atoms with Crippen LogP contribution in [0.5, 0.6) is 0 Å². The number of aliphatic carboxylic acids is 1. The van der Waals surface area contributed by atoms with Crippen LogP contribution in [-0.4, -0.2) is 34.1 Å². The summed E-state index contributed by atoms with van der Waals surface area (Å²) in [6, 6.07) is 0.905. The Morgan fingerprint density at radius 1 is 1.11 bits per heavy atom. The monoisotopic (exact) mass is 251 g/mol. The normalized spacial score (nSPS) is 40.4. The molecule has 102 valence electrons. The third-order valence-corrected chi connectivity index (χ3v) is 5.27. The summed E-state index contributed by atoms with van der Waals surface area (Å²) in [5.74, 6) is 1.66. The average Bonchev–Trinajstić information content (AvgIpc) is 2.25. The summed E-state index contributed by atoms with van der Waals surface area (Å²) >= 11 is 0. The molecule has 2 heterocycles. The van der Waals surface area contributed by atoms with E-state index in [-0.39, 0.29) is 6.04 Å². The Labute approximate surface area is 110 Å². The highest BCUT2D eigenvalue weighted by Gasteiger charge is 2.50. The van der Waals surface area contributed by atoms with Crippen LogP contribution < -0.4 is 0 Å². The molecule has 18 heavy (non-hydrogen) atoms. The highest BCUT2D eigenvalue weighted by Crippen LogP contribution is 2.50. The molecular weight excluding hydrogens is 226 g/mol. The lowest BCUT2D eigenvalue weighted by atomic mass is 9.63. The zero-order valence-electron chi connectivity index (χ0n) is 11.5. The first-order chi connectivity index (χ1) is 8.54. The van der Waals surface area contributed by atoms with Gasteiger partial charge in [0.25, 0.3) is 0 Å². The summed E-state index contributed by atoms with van der Waals surface area (Å²) in [7, 11) is 0. The highest BCUT2D eigenvalue weighted by molar-refractivity contribution is 5.73. The molecule has 0 aromatic heterocycles. The molecule has 0 radical (unpaired) electrons. The predicted molar refractivity (Wildman–Crippen MR) is 70.4 cm³/mol. The lowest BCUT2D eigenvalue weighted by molar-refractivity contribution is -0.155. The Morgan fingerprint density at radius 3 is 2.00 bits per heavy atom. The number of piperidine rings is 2. The van der Waals surface area contributed by atoms with Crippen LogP contribution in [0.1, 0.15) is 52.4 Å². The number of nitrogens with zero attached hydrogens (tertiary/aromatic N) is 1. The van der Waals surface area contributed by atoms with Crippen molar-refractivity contribution in [1.82, 2.24) is 4.90 Å². The molecule has 3 heteroatoms. The third-order valence-electron chi connectivity index (χ3n) is 5.27. The van der Waals surface area contributed by atoms with Crippen LogP contribution >= 0.6 is 0 Å². The van der Waals surface area contributed by atoms with Gasteiger partial charge in [-0.05, 0) is 56.3 Å². The molecule has 0 amide bonds. The largest absolute Gasteiger partial charge is 0.480 e. The van der Waals surface area contributed by atoms with E-state index >= 15 is 0 Å². The van der Waals surface area contributed by atoms with Gasteiger partial charge >= 0.3 is 5.97 Å². The molecule has 3 nitrogen and oxygen atoms in total. The topological polar surface area (TPSA) is 40.5 Å². The molecule has 0 aromatic carbocycles. The van der Waals surface area contributed by atoms with Crippen LogP contribution in [-0.2, 0) is 4.79 Å². The van der Waals surface area contributed by atoms with Gasteiger partial charge in [0, 0.05) is 12.1 Å². The summed E-state index contributed by atoms with van der Waals surface area (Å²) in [5, 5.41) is 9.57. The minimum Gasteiger partial charge on any atom is -0.480 e. The van der Waals surface area contributed by atoms with Crippen molar-refractivity contribution in [3.05, 3.63) is 0 Å². The van der Waals surface area contributed by atoms with Crippen LogP contribution in [0.2, 0.25) is 0 Å². The quantitative estimate of drug-likeness (QED) is 0.835. The van der Waals surface area contributed by atoms with Crippen molar-refractivity contribution in [2.75, 3.05) is 0 Å². The molecule has 4 bridgehead atoms. The third kappa shape index (κ3) is 2.07. The number of carboxylic acid groups (broad SMARTS) is 1. The van der Waals surface area contributed by atoms with Gasteiger partial charge in [-0.25, -0.2) is 0 Å². The molecule has 4 rings (SSSR count). The maximum absolute atomic E-state index is 11.6. The zero-order valence-corrected chi connectivity index (χ0v) is 11.5. The molecule has 1 N–H and O–H groups in total. The van der Waals surface area contributed by atoms with E-state index in [0.29, 0.717) is 18.0 Å². The molecule has 1 unspecified atom stereocenters. The molecule has 4 aliphatic rings. The molecule has 2 aliphatic carbocycles. The Hall–Kier alpha value is -0.570. The van der Waals surface area contributed by atoms with E-state index in [1.54, 1.807) is 0 Å². The number of hydrogen-bond donors (Lipinski definition) is 1. The second-order valence-electron chi connectivity index (χ2n) is 7.15. The smallest absolute Gasteiger partial charge is 0.320 e. The van der Waals surface area contributed by atoms with E-state index in [9.17, 15) is 9.90 Å². The fourth-order valence-electron chi connectivity index (χ4n) is 4.87. The van der Waals surface area contributed by atoms with Gasteiger partial charge in [0.05, 0.1) is 0 Å². The predicted octanol–water partition coefficient (Wildman–Crippen LogP) is 2.75. The van der Waals surface area contributed by atoms with Crippen molar-refractivity contribution < 1.29 is 9.90 Å². The fourth-order valence-corrected chi connectivity index (χ4v) is 4.87. The molecule has 4 fully saturated rings. The Kier molecular flexibility index (Phi) is 3.13. The summed E-state index contributed by atoms with van der Waals surface area (Å²) < 4.78 is 0. The molecule has 1 atom stereocenters. The van der Waals surface area contributed by atoms with Gasteiger partial charge in [0.1, 0.15) is 6.04 Å². The van der Waals surface area contributed by atoms with Crippen molar-refractivity contribution in [1.29, 1.82) is 0 Å². The summed E-state index contributed by atoms with van der Waals surface area (Å²) in [6.45, 7) is 4.26. The lowest BCUT2D eigenvalue weighted by Crippen LogP contribution is -2.62. The number of hydrogen-bond acceptors (Lipinski definition) is 2. The number of carbonyl (C=O) groups is 1. The first-order valence-electron chi connectivity index (χ1n) is 7.54. The molecule has 0 aromatic rings. The molecular formula is C15H25NO2. The average molecular weight is 251 g/mol. The van der Waals surface area contributed by atoms with Gasteiger partial charge in [-0.2, -0.15) is 0 Å². The maximum Gasteiger partial charge on any atom is 0.320 e. The van der Waals surface area contributed by atoms with Crippen LogP contribution in [0.3, 0.4) is 0 Å². The van der Waals surface area contributed by atoms with E-state index in [0.717, 1.165) is 18.3 Å². The standard InChI is InChI=1S/C15H25NO2/c1-9(2)3-14(15(17)18)16-12-5-10-4-11(7-12)8-13(16)6-10/h9-14H,3-8H2,1-2H3,(H,17,18). The van der Waals surface area contributed by atoms with Gasteiger partial charge in [0.15, 0.2) is 0 Å². The van der Waals surface area contributed by atoms with E-state index in [4.69, 9.17) is 0 Å². The second kappa shape index (κ2) is 4.52.